The molecular weight excluding hydrogens is 414 g/mol. The molecule has 0 saturated carbocycles. The third-order valence-corrected chi connectivity index (χ3v) is 7.69. The first-order valence-electron chi connectivity index (χ1n) is 7.00. The summed E-state index contributed by atoms with van der Waals surface area (Å²) in [6.07, 6.45) is 0. The van der Waals surface area contributed by atoms with Gasteiger partial charge in [0.15, 0.2) is 0 Å². The number of carbonyl (C=O) groups excluding carboxylic acids is 1. The molecule has 0 aliphatic carbocycles. The van der Waals surface area contributed by atoms with Crippen molar-refractivity contribution in [2.75, 3.05) is 18.1 Å². The van der Waals surface area contributed by atoms with Crippen molar-refractivity contribution in [2.45, 2.75) is 17.3 Å². The molecule has 4 N–H and O–H groups in total. The van der Waals surface area contributed by atoms with E-state index in [1.807, 2.05) is 0 Å². The Morgan fingerprint density at radius 2 is 2.15 bits per heavy atom. The van der Waals surface area contributed by atoms with E-state index in [0.717, 1.165) is 17.6 Å². The Balaban J connectivity index is 1.89. The minimum absolute atomic E-state index is 0.0899. The first-order chi connectivity index (χ1) is 12.2. The van der Waals surface area contributed by atoms with Crippen molar-refractivity contribution in [2.24, 2.45) is 0 Å². The van der Waals surface area contributed by atoms with E-state index in [4.69, 9.17) is 15.1 Å². The van der Waals surface area contributed by atoms with E-state index in [2.05, 4.69) is 23.2 Å². The molecule has 1 aliphatic rings. The van der Waals surface area contributed by atoms with E-state index in [-0.39, 0.29) is 18.1 Å². The van der Waals surface area contributed by atoms with Gasteiger partial charge < -0.3 is 5.32 Å². The maximum Gasteiger partial charge on any atom is 0.398 e. The number of hydrogen-bond donors (Lipinski definition) is 4. The lowest BCUT2D eigenvalue weighted by atomic mass is 10.1. The fraction of sp³-hybridized carbons (Fsp3) is 0.417. The molecule has 1 amide bonds. The zero-order chi connectivity index (χ0) is 19.4. The van der Waals surface area contributed by atoms with Crippen molar-refractivity contribution < 1.29 is 46.2 Å². The van der Waals surface area contributed by atoms with E-state index in [0.29, 0.717) is 10.5 Å². The van der Waals surface area contributed by atoms with E-state index in [1.54, 1.807) is 19.1 Å². The Morgan fingerprint density at radius 1 is 1.42 bits per heavy atom. The molecule has 2 atom stereocenters. The van der Waals surface area contributed by atoms with Crippen LogP contribution in [0.1, 0.15) is 15.9 Å². The van der Waals surface area contributed by atoms with Gasteiger partial charge in [-0.3, -0.25) is 9.35 Å². The smallest absolute Gasteiger partial charge is 0.351 e. The van der Waals surface area contributed by atoms with Gasteiger partial charge in [0.05, 0.1) is 12.0 Å². The number of carbonyl (C=O) groups is 1. The highest BCUT2D eigenvalue weighted by Crippen LogP contribution is 2.68. The van der Waals surface area contributed by atoms with Crippen molar-refractivity contribution in [3.8, 4) is 0 Å². The minimum atomic E-state index is -4.64. The van der Waals surface area contributed by atoms with E-state index < -0.39 is 32.1 Å². The second-order valence-corrected chi connectivity index (χ2v) is 10.2. The molecule has 26 heavy (non-hydrogen) atoms. The fourth-order valence-corrected chi connectivity index (χ4v) is 5.87. The van der Waals surface area contributed by atoms with E-state index in [9.17, 15) is 13.2 Å². The Labute approximate surface area is 155 Å². The zero-order valence-electron chi connectivity index (χ0n) is 13.4. The summed E-state index contributed by atoms with van der Waals surface area (Å²) in [5, 5.41) is 23.3. The van der Waals surface area contributed by atoms with Gasteiger partial charge in [-0.05, 0) is 24.6 Å². The molecule has 11 nitrogen and oxygen atoms in total. The van der Waals surface area contributed by atoms with Crippen molar-refractivity contribution in [3.63, 3.8) is 0 Å². The second-order valence-electron chi connectivity index (χ2n) is 5.23. The van der Waals surface area contributed by atoms with Gasteiger partial charge in [0, 0.05) is 28.5 Å². The van der Waals surface area contributed by atoms with Gasteiger partial charge in [0.25, 0.3) is 5.91 Å². The molecule has 14 heteroatoms. The van der Waals surface area contributed by atoms with Gasteiger partial charge in [0.2, 0.25) is 0 Å². The molecule has 2 unspecified atom stereocenters. The molecule has 1 aromatic rings. The number of rotatable bonds is 10. The molecule has 1 heterocycles. The monoisotopic (exact) mass is 431 g/mol. The first kappa shape index (κ1) is 21.4. The number of nitrogens with one attached hydrogen (secondary N) is 1. The van der Waals surface area contributed by atoms with Crippen LogP contribution in [-0.2, 0) is 28.3 Å². The summed E-state index contributed by atoms with van der Waals surface area (Å²) < 4.78 is 43.1. The maximum absolute atomic E-state index is 12.2. The van der Waals surface area contributed by atoms with Crippen LogP contribution in [0, 0.1) is 6.92 Å². The Hall–Kier alpha value is -0.940. The lowest BCUT2D eigenvalue weighted by molar-refractivity contribution is -0.432. The van der Waals surface area contributed by atoms with Gasteiger partial charge >= 0.3 is 10.4 Å². The van der Waals surface area contributed by atoms with Crippen molar-refractivity contribution in [3.05, 3.63) is 29.3 Å². The fourth-order valence-electron chi connectivity index (χ4n) is 2.08. The predicted octanol–water partition coefficient (Wildman–Crippen LogP) is 1.52. The van der Waals surface area contributed by atoms with E-state index in [1.165, 1.54) is 6.07 Å². The lowest BCUT2D eigenvalue weighted by Gasteiger charge is -2.17. The summed E-state index contributed by atoms with van der Waals surface area (Å²) in [5.41, 5.74) is 0.163. The Morgan fingerprint density at radius 3 is 2.77 bits per heavy atom. The van der Waals surface area contributed by atoms with Gasteiger partial charge in [-0.15, -0.1) is 4.33 Å². The molecular formula is C12H17NO10S3. The third kappa shape index (κ3) is 5.78. The molecule has 0 aromatic heterocycles. The Bertz CT molecular complexity index is 758. The van der Waals surface area contributed by atoms with Crippen LogP contribution in [0.15, 0.2) is 23.1 Å². The summed E-state index contributed by atoms with van der Waals surface area (Å²) in [7, 11) is -6.88. The summed E-state index contributed by atoms with van der Waals surface area (Å²) in [6.45, 7) is 1.87. The average Bonchev–Trinajstić information content (AvgIpc) is 3.24. The topological polar surface area (TPSA) is 161 Å². The van der Waals surface area contributed by atoms with Crippen LogP contribution in [-0.4, -0.2) is 52.9 Å². The molecule has 1 fully saturated rings. The minimum Gasteiger partial charge on any atom is -0.351 e. The van der Waals surface area contributed by atoms with Crippen LogP contribution < -0.4 is 5.32 Å². The standard InChI is InChI=1S/C12H17NO10S3/c1-8-2-3-9(6-10(8)24-23-21-15)12(14)13-4-5-25(22-16)7-11(25)20-26(17,18)19/h2-3,6,11,15-16H,4-5,7H2,1H3,(H,13,14)(H,17,18,19). The van der Waals surface area contributed by atoms with Crippen molar-refractivity contribution in [1.29, 1.82) is 0 Å². The summed E-state index contributed by atoms with van der Waals surface area (Å²) >= 11 is 0.728. The normalized spacial score (nSPS) is 24.7. The molecule has 1 aliphatic heterocycles. The first-order valence-corrected chi connectivity index (χ1v) is 11.1. The Kier molecular flexibility index (Phi) is 7.26. The number of benzene rings is 1. The van der Waals surface area contributed by atoms with Crippen molar-refractivity contribution >= 4 is 38.7 Å². The molecule has 0 spiro atoms. The highest BCUT2D eigenvalue weighted by Gasteiger charge is 2.55. The third-order valence-electron chi connectivity index (χ3n) is 3.50. The number of aryl methyl sites for hydroxylation is 1. The van der Waals surface area contributed by atoms with Crippen LogP contribution >= 0.6 is 22.4 Å². The van der Waals surface area contributed by atoms with Crippen LogP contribution in [0.25, 0.3) is 0 Å². The molecule has 0 radical (unpaired) electrons. The molecule has 0 bridgehead atoms. The van der Waals surface area contributed by atoms with Crippen LogP contribution in [0.3, 0.4) is 0 Å². The molecule has 148 valence electrons. The maximum atomic E-state index is 12.2. The number of hydrogen-bond acceptors (Lipinski definition) is 10. The SMILES string of the molecule is Cc1ccc(C(=O)NCCS2(OO)CC2OS(=O)(=O)O)cc1SOOO. The second kappa shape index (κ2) is 8.83. The lowest BCUT2D eigenvalue weighted by Crippen LogP contribution is -2.27. The highest BCUT2D eigenvalue weighted by molar-refractivity contribution is 8.36. The van der Waals surface area contributed by atoms with Crippen molar-refractivity contribution in [1.82, 2.24) is 5.32 Å². The van der Waals surface area contributed by atoms with Gasteiger partial charge in [-0.25, -0.2) is 14.7 Å². The number of amides is 1. The van der Waals surface area contributed by atoms with Crippen LogP contribution in [0.5, 0.6) is 0 Å². The largest absolute Gasteiger partial charge is 0.398 e. The quantitative estimate of drug-likeness (QED) is 0.140. The molecule has 1 aromatic carbocycles. The van der Waals surface area contributed by atoms with E-state index >= 15 is 0 Å². The molecule has 1 saturated heterocycles. The van der Waals surface area contributed by atoms with Gasteiger partial charge in [-0.1, -0.05) is 21.4 Å². The summed E-state index contributed by atoms with van der Waals surface area (Å²) in [4.78, 5) is 12.7. The zero-order valence-corrected chi connectivity index (χ0v) is 15.8. The summed E-state index contributed by atoms with van der Waals surface area (Å²) in [6, 6.07) is 4.79. The molecule has 2 rings (SSSR count). The van der Waals surface area contributed by atoms with Gasteiger partial charge in [0.1, 0.15) is 5.44 Å². The van der Waals surface area contributed by atoms with Crippen LogP contribution in [0.4, 0.5) is 0 Å². The van der Waals surface area contributed by atoms with Crippen LogP contribution in [0.2, 0.25) is 0 Å². The predicted molar refractivity (Wildman–Crippen MR) is 91.6 cm³/mol. The summed E-state index contributed by atoms with van der Waals surface area (Å²) in [5.74, 6) is -0.148. The highest BCUT2D eigenvalue weighted by atomic mass is 32.3. The van der Waals surface area contributed by atoms with Gasteiger partial charge in [-0.2, -0.15) is 12.8 Å². The average molecular weight is 431 g/mol.